The lowest BCUT2D eigenvalue weighted by atomic mass is 10.1. The topological polar surface area (TPSA) is 120 Å². The molecule has 2 aromatic heterocycles. The highest BCUT2D eigenvalue weighted by molar-refractivity contribution is 5.90. The lowest BCUT2D eigenvalue weighted by Crippen LogP contribution is -2.26. The van der Waals surface area contributed by atoms with Crippen molar-refractivity contribution in [1.82, 2.24) is 35.3 Å². The predicted molar refractivity (Wildman–Crippen MR) is 101 cm³/mol. The molecule has 0 spiro atoms. The average molecular weight is 385 g/mol. The molecule has 0 aliphatic heterocycles. The Balaban J connectivity index is 1.52. The first kappa shape index (κ1) is 19.3. The second kappa shape index (κ2) is 8.98. The molecule has 10 heteroatoms. The van der Waals surface area contributed by atoms with E-state index in [9.17, 15) is 4.79 Å². The summed E-state index contributed by atoms with van der Waals surface area (Å²) in [5, 5.41) is 13.5. The number of hydrogen-bond donors (Lipinski definition) is 2. The fraction of sp³-hybridized carbons (Fsp3) is 0.389. The molecular formula is C18H23N7O3. The quantitative estimate of drug-likeness (QED) is 0.535. The summed E-state index contributed by atoms with van der Waals surface area (Å²) in [5.74, 6) is 2.16. The van der Waals surface area contributed by atoms with Crippen molar-refractivity contribution in [1.29, 1.82) is 0 Å². The maximum Gasteiger partial charge on any atom is 0.290 e. The van der Waals surface area contributed by atoms with Gasteiger partial charge >= 0.3 is 0 Å². The van der Waals surface area contributed by atoms with Crippen LogP contribution in [0.4, 0.5) is 0 Å². The number of hydrogen-bond acceptors (Lipinski definition) is 7. The van der Waals surface area contributed by atoms with Gasteiger partial charge in [0, 0.05) is 6.54 Å². The molecular weight excluding hydrogens is 362 g/mol. The van der Waals surface area contributed by atoms with E-state index in [0.717, 1.165) is 24.2 Å². The molecule has 0 saturated heterocycles. The van der Waals surface area contributed by atoms with Crippen LogP contribution >= 0.6 is 0 Å². The third-order valence-corrected chi connectivity index (χ3v) is 4.03. The van der Waals surface area contributed by atoms with E-state index >= 15 is 0 Å². The highest BCUT2D eigenvalue weighted by Crippen LogP contribution is 2.28. The van der Waals surface area contributed by atoms with E-state index < -0.39 is 0 Å². The van der Waals surface area contributed by atoms with E-state index in [1.54, 1.807) is 14.0 Å². The summed E-state index contributed by atoms with van der Waals surface area (Å²) in [7, 11) is 1.62. The first-order valence-corrected chi connectivity index (χ1v) is 8.99. The zero-order valence-electron chi connectivity index (χ0n) is 16.1. The summed E-state index contributed by atoms with van der Waals surface area (Å²) in [6.45, 7) is 4.75. The highest BCUT2D eigenvalue weighted by atomic mass is 16.5. The van der Waals surface area contributed by atoms with E-state index in [1.165, 1.54) is 11.0 Å². The van der Waals surface area contributed by atoms with E-state index in [-0.39, 0.29) is 11.7 Å². The molecule has 3 rings (SSSR count). The Morgan fingerprint density at radius 2 is 2.18 bits per heavy atom. The molecule has 1 aromatic carbocycles. The number of amides is 1. The number of aromatic amines is 1. The van der Waals surface area contributed by atoms with Gasteiger partial charge in [0.25, 0.3) is 5.91 Å². The van der Waals surface area contributed by atoms with Crippen molar-refractivity contribution in [3.8, 4) is 17.4 Å². The van der Waals surface area contributed by atoms with E-state index in [0.29, 0.717) is 30.7 Å². The Kier molecular flexibility index (Phi) is 6.20. The first-order chi connectivity index (χ1) is 13.6. The normalized spacial score (nSPS) is 10.7. The number of aryl methyl sites for hydroxylation is 2. The standard InChI is InChI=1S/C18H23N7O3/c1-4-28-15-10-13(7-8-14(15)27-3)6-5-9-19-17(26)16-22-12(2)25(24-16)18-20-11-21-23-18/h7-8,10-11H,4-6,9H2,1-3H3,(H,19,26)(H,20,21,23). The number of benzene rings is 1. The fourth-order valence-corrected chi connectivity index (χ4v) is 2.71. The molecule has 2 heterocycles. The molecule has 10 nitrogen and oxygen atoms in total. The molecule has 0 aliphatic rings. The van der Waals surface area contributed by atoms with Gasteiger partial charge in [-0.1, -0.05) is 6.07 Å². The second-order valence-corrected chi connectivity index (χ2v) is 5.98. The minimum Gasteiger partial charge on any atom is -0.493 e. The molecule has 0 unspecified atom stereocenters. The Morgan fingerprint density at radius 1 is 1.32 bits per heavy atom. The molecule has 1 amide bonds. The Morgan fingerprint density at radius 3 is 2.89 bits per heavy atom. The smallest absolute Gasteiger partial charge is 0.290 e. The third-order valence-electron chi connectivity index (χ3n) is 4.03. The van der Waals surface area contributed by atoms with Gasteiger partial charge in [0.15, 0.2) is 11.5 Å². The van der Waals surface area contributed by atoms with Crippen molar-refractivity contribution in [2.45, 2.75) is 26.7 Å². The maximum absolute atomic E-state index is 12.3. The minimum atomic E-state index is -0.328. The summed E-state index contributed by atoms with van der Waals surface area (Å²) in [6, 6.07) is 5.85. The minimum absolute atomic E-state index is 0.0944. The van der Waals surface area contributed by atoms with Crippen molar-refractivity contribution >= 4 is 5.91 Å². The average Bonchev–Trinajstić information content (AvgIpc) is 3.35. The molecule has 148 valence electrons. The van der Waals surface area contributed by atoms with Gasteiger partial charge in [0.1, 0.15) is 12.2 Å². The molecule has 2 N–H and O–H groups in total. The number of nitrogens with zero attached hydrogens (tertiary/aromatic N) is 5. The maximum atomic E-state index is 12.3. The predicted octanol–water partition coefficient (Wildman–Crippen LogP) is 1.46. The van der Waals surface area contributed by atoms with Gasteiger partial charge in [0.2, 0.25) is 11.8 Å². The van der Waals surface area contributed by atoms with Crippen LogP contribution in [-0.4, -0.2) is 56.1 Å². The monoisotopic (exact) mass is 385 g/mol. The summed E-state index contributed by atoms with van der Waals surface area (Å²) < 4.78 is 12.3. The van der Waals surface area contributed by atoms with Gasteiger partial charge < -0.3 is 14.8 Å². The molecule has 3 aromatic rings. The van der Waals surface area contributed by atoms with Crippen LogP contribution in [0.5, 0.6) is 11.5 Å². The zero-order valence-corrected chi connectivity index (χ0v) is 16.1. The zero-order chi connectivity index (χ0) is 19.9. The molecule has 0 saturated carbocycles. The van der Waals surface area contributed by atoms with E-state index in [2.05, 4.69) is 30.6 Å². The van der Waals surface area contributed by atoms with Crippen molar-refractivity contribution in [3.63, 3.8) is 0 Å². The summed E-state index contributed by atoms with van der Waals surface area (Å²) in [5.41, 5.74) is 1.11. The van der Waals surface area contributed by atoms with Gasteiger partial charge in [-0.05, 0) is 44.4 Å². The SMILES string of the molecule is CCOc1cc(CCCNC(=O)c2nc(C)n(-c3ncn[nH]3)n2)ccc1OC. The van der Waals surface area contributed by atoms with Crippen LogP contribution in [0.3, 0.4) is 0 Å². The molecule has 0 aliphatic carbocycles. The van der Waals surface area contributed by atoms with Gasteiger partial charge in [-0.15, -0.1) is 5.10 Å². The largest absolute Gasteiger partial charge is 0.493 e. The highest BCUT2D eigenvalue weighted by Gasteiger charge is 2.16. The lowest BCUT2D eigenvalue weighted by Gasteiger charge is -2.11. The summed E-state index contributed by atoms with van der Waals surface area (Å²) in [4.78, 5) is 20.5. The molecule has 0 bridgehead atoms. The van der Waals surface area contributed by atoms with Crippen LogP contribution in [-0.2, 0) is 6.42 Å². The van der Waals surface area contributed by atoms with E-state index in [1.807, 2.05) is 25.1 Å². The molecule has 28 heavy (non-hydrogen) atoms. The van der Waals surface area contributed by atoms with Crippen LogP contribution in [0.1, 0.15) is 35.4 Å². The Bertz CT molecular complexity index is 921. The number of methoxy groups -OCH3 is 1. The number of H-pyrrole nitrogens is 1. The lowest BCUT2D eigenvalue weighted by molar-refractivity contribution is 0.0943. The third kappa shape index (κ3) is 4.45. The van der Waals surface area contributed by atoms with Gasteiger partial charge in [0.05, 0.1) is 13.7 Å². The number of ether oxygens (including phenoxy) is 2. The summed E-state index contributed by atoms with van der Waals surface area (Å²) in [6.07, 6.45) is 2.93. The van der Waals surface area contributed by atoms with Crippen molar-refractivity contribution in [2.24, 2.45) is 0 Å². The number of carbonyl (C=O) groups excluding carboxylic acids is 1. The first-order valence-electron chi connectivity index (χ1n) is 8.99. The van der Waals surface area contributed by atoms with Crippen LogP contribution in [0.15, 0.2) is 24.5 Å². The van der Waals surface area contributed by atoms with Gasteiger partial charge in [-0.2, -0.15) is 14.8 Å². The number of rotatable bonds is 9. The van der Waals surface area contributed by atoms with Crippen molar-refractivity contribution in [3.05, 3.63) is 41.7 Å². The Hall–Kier alpha value is -3.43. The van der Waals surface area contributed by atoms with Crippen LogP contribution in [0, 0.1) is 6.92 Å². The van der Waals surface area contributed by atoms with Crippen molar-refractivity contribution in [2.75, 3.05) is 20.3 Å². The fourth-order valence-electron chi connectivity index (χ4n) is 2.71. The van der Waals surface area contributed by atoms with Gasteiger partial charge in [-0.3, -0.25) is 4.79 Å². The molecule has 0 fully saturated rings. The number of aromatic nitrogens is 6. The van der Waals surface area contributed by atoms with E-state index in [4.69, 9.17) is 9.47 Å². The molecule has 0 atom stereocenters. The number of nitrogens with one attached hydrogen (secondary N) is 2. The number of carbonyl (C=O) groups is 1. The molecule has 0 radical (unpaired) electrons. The van der Waals surface area contributed by atoms with Crippen molar-refractivity contribution < 1.29 is 14.3 Å². The van der Waals surface area contributed by atoms with Crippen LogP contribution in [0.25, 0.3) is 5.95 Å². The Labute approximate surface area is 162 Å². The second-order valence-electron chi connectivity index (χ2n) is 5.98. The summed E-state index contributed by atoms with van der Waals surface area (Å²) >= 11 is 0. The van der Waals surface area contributed by atoms with Crippen LogP contribution < -0.4 is 14.8 Å². The van der Waals surface area contributed by atoms with Gasteiger partial charge in [-0.25, -0.2) is 10.1 Å². The van der Waals surface area contributed by atoms with Crippen LogP contribution in [0.2, 0.25) is 0 Å².